The van der Waals surface area contributed by atoms with Crippen molar-refractivity contribution >= 4 is 21.8 Å². The molecule has 0 atom stereocenters. The average Bonchev–Trinajstić information content (AvgIpc) is 2.67. The predicted octanol–water partition coefficient (Wildman–Crippen LogP) is 0.160. The normalized spacial score (nSPS) is 12.3. The minimum absolute atomic E-state index is 0.0427. The number of H-pyrrole nitrogens is 1. The number of aryl methyl sites for hydroxylation is 1. The highest BCUT2D eigenvalue weighted by atomic mass is 32.2. The molecule has 0 amide bonds. The SMILES string of the molecule is CSCCN(C)S(=O)(=O)c1n[nH]c(C)c1CN. The van der Waals surface area contributed by atoms with E-state index in [-0.39, 0.29) is 11.6 Å². The highest BCUT2D eigenvalue weighted by molar-refractivity contribution is 7.98. The van der Waals surface area contributed by atoms with E-state index < -0.39 is 10.0 Å². The molecule has 98 valence electrons. The monoisotopic (exact) mass is 278 g/mol. The first-order chi connectivity index (χ1) is 7.95. The van der Waals surface area contributed by atoms with Gasteiger partial charge in [-0.2, -0.15) is 21.2 Å². The maximum atomic E-state index is 12.2. The molecule has 1 aromatic heterocycles. The highest BCUT2D eigenvalue weighted by Crippen LogP contribution is 2.19. The van der Waals surface area contributed by atoms with Crippen LogP contribution >= 0.6 is 11.8 Å². The summed E-state index contributed by atoms with van der Waals surface area (Å²) in [6.07, 6.45) is 1.93. The maximum absolute atomic E-state index is 12.2. The van der Waals surface area contributed by atoms with Crippen LogP contribution in [0.1, 0.15) is 11.3 Å². The molecule has 0 aromatic carbocycles. The molecule has 1 aromatic rings. The molecular weight excluding hydrogens is 260 g/mol. The van der Waals surface area contributed by atoms with Gasteiger partial charge in [0.25, 0.3) is 10.0 Å². The lowest BCUT2D eigenvalue weighted by atomic mass is 10.3. The van der Waals surface area contributed by atoms with E-state index in [0.29, 0.717) is 17.8 Å². The van der Waals surface area contributed by atoms with Crippen molar-refractivity contribution in [2.45, 2.75) is 18.5 Å². The lowest BCUT2D eigenvalue weighted by Gasteiger charge is -2.15. The lowest BCUT2D eigenvalue weighted by Crippen LogP contribution is -2.30. The molecule has 1 heterocycles. The summed E-state index contributed by atoms with van der Waals surface area (Å²) in [5.74, 6) is 0.747. The van der Waals surface area contributed by atoms with Crippen molar-refractivity contribution < 1.29 is 8.42 Å². The second kappa shape index (κ2) is 5.85. The summed E-state index contributed by atoms with van der Waals surface area (Å²) in [4.78, 5) is 0. The Morgan fingerprint density at radius 2 is 2.18 bits per heavy atom. The van der Waals surface area contributed by atoms with Crippen LogP contribution < -0.4 is 5.73 Å². The van der Waals surface area contributed by atoms with Crippen LogP contribution in [0, 0.1) is 6.92 Å². The van der Waals surface area contributed by atoms with E-state index in [1.54, 1.807) is 25.7 Å². The number of hydrogen-bond acceptors (Lipinski definition) is 5. The minimum atomic E-state index is -3.54. The van der Waals surface area contributed by atoms with Gasteiger partial charge in [0.05, 0.1) is 0 Å². The Labute approximate surface area is 106 Å². The van der Waals surface area contributed by atoms with Gasteiger partial charge in [0.15, 0.2) is 5.03 Å². The summed E-state index contributed by atoms with van der Waals surface area (Å²) in [7, 11) is -1.98. The molecule has 8 heteroatoms. The zero-order valence-corrected chi connectivity index (χ0v) is 11.9. The fourth-order valence-electron chi connectivity index (χ4n) is 1.37. The molecular formula is C9H18N4O2S2. The van der Waals surface area contributed by atoms with Crippen LogP contribution in [0.15, 0.2) is 5.03 Å². The smallest absolute Gasteiger partial charge is 0.262 e. The van der Waals surface area contributed by atoms with Crippen LogP contribution in [0.3, 0.4) is 0 Å². The topological polar surface area (TPSA) is 92.1 Å². The standard InChI is InChI=1S/C9H18N4O2S2/c1-7-8(6-10)9(12-11-7)17(14,15)13(2)4-5-16-3/h4-6,10H2,1-3H3,(H,11,12). The Kier molecular flexibility index (Phi) is 4.99. The molecule has 1 rings (SSSR count). The van der Waals surface area contributed by atoms with Crippen molar-refractivity contribution in [1.82, 2.24) is 14.5 Å². The Hall–Kier alpha value is -0.570. The van der Waals surface area contributed by atoms with Gasteiger partial charge in [0.2, 0.25) is 0 Å². The first-order valence-electron chi connectivity index (χ1n) is 5.14. The van der Waals surface area contributed by atoms with Gasteiger partial charge in [-0.25, -0.2) is 8.42 Å². The number of nitrogens with two attached hydrogens (primary N) is 1. The van der Waals surface area contributed by atoms with Gasteiger partial charge in [-0.1, -0.05) is 0 Å². The van der Waals surface area contributed by atoms with E-state index >= 15 is 0 Å². The number of aromatic nitrogens is 2. The molecule has 0 spiro atoms. The number of thioether (sulfide) groups is 1. The van der Waals surface area contributed by atoms with E-state index in [1.807, 2.05) is 6.26 Å². The third-order valence-corrected chi connectivity index (χ3v) is 4.93. The summed E-state index contributed by atoms with van der Waals surface area (Å²) in [5, 5.41) is 6.55. The van der Waals surface area contributed by atoms with Crippen LogP contribution in [-0.2, 0) is 16.6 Å². The molecule has 0 bridgehead atoms. The first-order valence-corrected chi connectivity index (χ1v) is 7.97. The van der Waals surface area contributed by atoms with Crippen LogP contribution in [0.5, 0.6) is 0 Å². The molecule has 0 unspecified atom stereocenters. The molecule has 0 aliphatic rings. The third-order valence-electron chi connectivity index (χ3n) is 2.51. The summed E-state index contributed by atoms with van der Waals surface area (Å²) in [6, 6.07) is 0. The molecule has 6 nitrogen and oxygen atoms in total. The minimum Gasteiger partial charge on any atom is -0.326 e. The highest BCUT2D eigenvalue weighted by Gasteiger charge is 2.27. The molecule has 0 fully saturated rings. The zero-order chi connectivity index (χ0) is 13.1. The number of nitrogens with zero attached hydrogens (tertiary/aromatic N) is 2. The lowest BCUT2D eigenvalue weighted by molar-refractivity contribution is 0.484. The number of rotatable bonds is 6. The number of nitrogens with one attached hydrogen (secondary N) is 1. The van der Waals surface area contributed by atoms with Crippen molar-refractivity contribution in [1.29, 1.82) is 0 Å². The third kappa shape index (κ3) is 3.01. The number of sulfonamides is 1. The Morgan fingerprint density at radius 1 is 1.53 bits per heavy atom. The largest absolute Gasteiger partial charge is 0.326 e. The van der Waals surface area contributed by atoms with Crippen LogP contribution in [0.2, 0.25) is 0 Å². The fourth-order valence-corrected chi connectivity index (χ4v) is 3.28. The molecule has 0 aliphatic heterocycles. The van der Waals surface area contributed by atoms with Gasteiger partial charge in [-0.05, 0) is 13.2 Å². The van der Waals surface area contributed by atoms with Crippen LogP contribution in [-0.4, -0.2) is 48.5 Å². The molecule has 0 saturated carbocycles. The molecule has 17 heavy (non-hydrogen) atoms. The summed E-state index contributed by atoms with van der Waals surface area (Å²) < 4.78 is 25.7. The van der Waals surface area contributed by atoms with Crippen LogP contribution in [0.25, 0.3) is 0 Å². The molecule has 0 aliphatic carbocycles. The Bertz CT molecular complexity index is 469. The van der Waals surface area contributed by atoms with Gasteiger partial charge in [0.1, 0.15) is 0 Å². The van der Waals surface area contributed by atoms with Crippen molar-refractivity contribution in [3.05, 3.63) is 11.3 Å². The van der Waals surface area contributed by atoms with Gasteiger partial charge < -0.3 is 5.73 Å². The quantitative estimate of drug-likeness (QED) is 0.773. The average molecular weight is 278 g/mol. The summed E-state index contributed by atoms with van der Waals surface area (Å²) in [5.41, 5.74) is 6.80. The zero-order valence-electron chi connectivity index (χ0n) is 10.2. The number of hydrogen-bond donors (Lipinski definition) is 2. The molecule has 3 N–H and O–H groups in total. The van der Waals surface area contributed by atoms with E-state index in [2.05, 4.69) is 10.2 Å². The van der Waals surface area contributed by atoms with E-state index in [4.69, 9.17) is 5.73 Å². The predicted molar refractivity (Wildman–Crippen MR) is 69.4 cm³/mol. The summed E-state index contributed by atoms with van der Waals surface area (Å²) in [6.45, 7) is 2.38. The van der Waals surface area contributed by atoms with Crippen molar-refractivity contribution in [2.24, 2.45) is 5.73 Å². The second-order valence-corrected chi connectivity index (χ2v) is 6.60. The number of aromatic amines is 1. The molecule has 0 saturated heterocycles. The maximum Gasteiger partial charge on any atom is 0.262 e. The Morgan fingerprint density at radius 3 is 2.71 bits per heavy atom. The van der Waals surface area contributed by atoms with Gasteiger partial charge in [-0.15, -0.1) is 0 Å². The first kappa shape index (κ1) is 14.5. The van der Waals surface area contributed by atoms with Crippen molar-refractivity contribution in [2.75, 3.05) is 25.6 Å². The van der Waals surface area contributed by atoms with Crippen molar-refractivity contribution in [3.8, 4) is 0 Å². The summed E-state index contributed by atoms with van der Waals surface area (Å²) >= 11 is 1.60. The van der Waals surface area contributed by atoms with E-state index in [0.717, 1.165) is 5.75 Å². The van der Waals surface area contributed by atoms with Gasteiger partial charge >= 0.3 is 0 Å². The van der Waals surface area contributed by atoms with Gasteiger partial charge in [-0.3, -0.25) is 5.10 Å². The van der Waals surface area contributed by atoms with E-state index in [9.17, 15) is 8.42 Å². The Balaban J connectivity index is 3.04. The fraction of sp³-hybridized carbons (Fsp3) is 0.667. The van der Waals surface area contributed by atoms with Crippen molar-refractivity contribution in [3.63, 3.8) is 0 Å². The van der Waals surface area contributed by atoms with Gasteiger partial charge in [0, 0.05) is 37.1 Å². The molecule has 0 radical (unpaired) electrons. The van der Waals surface area contributed by atoms with Crippen LogP contribution in [0.4, 0.5) is 0 Å². The van der Waals surface area contributed by atoms with E-state index in [1.165, 1.54) is 4.31 Å². The second-order valence-electron chi connectivity index (χ2n) is 3.66.